The van der Waals surface area contributed by atoms with E-state index in [2.05, 4.69) is 25.2 Å². The van der Waals surface area contributed by atoms with E-state index in [1.54, 1.807) is 0 Å². The predicted octanol–water partition coefficient (Wildman–Crippen LogP) is 2.38. The van der Waals surface area contributed by atoms with Gasteiger partial charge in [-0.25, -0.2) is 0 Å². The van der Waals surface area contributed by atoms with Crippen LogP contribution in [0.3, 0.4) is 0 Å². The first-order valence-electron chi connectivity index (χ1n) is 7.14. The van der Waals surface area contributed by atoms with Gasteiger partial charge >= 0.3 is 0 Å². The van der Waals surface area contributed by atoms with E-state index in [0.717, 1.165) is 25.1 Å². The molecular weight excluding hydrogens is 238 g/mol. The highest BCUT2D eigenvalue weighted by Gasteiger charge is 2.25. The number of ether oxygens (including phenoxy) is 1. The maximum absolute atomic E-state index is 10.2. The van der Waals surface area contributed by atoms with E-state index in [1.165, 1.54) is 5.56 Å². The summed E-state index contributed by atoms with van der Waals surface area (Å²) < 4.78 is 5.86. The molecule has 1 aliphatic rings. The predicted molar refractivity (Wildman–Crippen MR) is 77.5 cm³/mol. The Balaban J connectivity index is 1.74. The van der Waals surface area contributed by atoms with Crippen LogP contribution in [0, 0.1) is 5.92 Å². The summed E-state index contributed by atoms with van der Waals surface area (Å²) in [5.74, 6) is 1.51. The molecule has 2 rings (SSSR count). The molecule has 0 aromatic heterocycles. The largest absolute Gasteiger partial charge is 0.488 e. The number of para-hydroxylation sites is 1. The number of hydrogen-bond acceptors (Lipinski definition) is 3. The Kier molecular flexibility index (Phi) is 4.48. The van der Waals surface area contributed by atoms with Crippen molar-refractivity contribution in [3.63, 3.8) is 0 Å². The van der Waals surface area contributed by atoms with E-state index >= 15 is 0 Å². The summed E-state index contributed by atoms with van der Waals surface area (Å²) in [5.41, 5.74) is 0.642. The standard InChI is InChI=1S/C16H25NO2/c1-12(2)9-16(3,18)11-17-10-14-8-13-6-4-5-7-15(13)19-14/h4-7,12,14,17-18H,8-11H2,1-3H3. The Hall–Kier alpha value is -1.06. The van der Waals surface area contributed by atoms with Crippen molar-refractivity contribution >= 4 is 0 Å². The molecule has 0 radical (unpaired) electrons. The average Bonchev–Trinajstić information content (AvgIpc) is 2.69. The molecule has 2 unspecified atom stereocenters. The van der Waals surface area contributed by atoms with Gasteiger partial charge in [0.05, 0.1) is 5.60 Å². The van der Waals surface area contributed by atoms with Crippen molar-refractivity contribution in [1.29, 1.82) is 0 Å². The molecule has 1 heterocycles. The maximum Gasteiger partial charge on any atom is 0.123 e. The van der Waals surface area contributed by atoms with Gasteiger partial charge in [-0.1, -0.05) is 32.0 Å². The van der Waals surface area contributed by atoms with Gasteiger partial charge in [0.1, 0.15) is 11.9 Å². The van der Waals surface area contributed by atoms with Gasteiger partial charge in [0.25, 0.3) is 0 Å². The zero-order valence-electron chi connectivity index (χ0n) is 12.1. The fourth-order valence-corrected chi connectivity index (χ4v) is 2.82. The van der Waals surface area contributed by atoms with Gasteiger partial charge < -0.3 is 15.2 Å². The van der Waals surface area contributed by atoms with E-state index in [-0.39, 0.29) is 6.10 Å². The van der Waals surface area contributed by atoms with Crippen LogP contribution in [-0.4, -0.2) is 29.9 Å². The first kappa shape index (κ1) is 14.4. The molecule has 0 saturated carbocycles. The Morgan fingerprint density at radius 1 is 1.42 bits per heavy atom. The molecule has 0 fully saturated rings. The number of aliphatic hydroxyl groups is 1. The topological polar surface area (TPSA) is 41.5 Å². The van der Waals surface area contributed by atoms with Crippen LogP contribution in [0.1, 0.15) is 32.8 Å². The maximum atomic E-state index is 10.2. The van der Waals surface area contributed by atoms with Crippen LogP contribution in [0.4, 0.5) is 0 Å². The molecule has 3 heteroatoms. The fourth-order valence-electron chi connectivity index (χ4n) is 2.82. The number of rotatable bonds is 6. The first-order chi connectivity index (χ1) is 8.96. The Labute approximate surface area is 116 Å². The smallest absolute Gasteiger partial charge is 0.123 e. The summed E-state index contributed by atoms with van der Waals surface area (Å²) in [6.45, 7) is 7.55. The minimum absolute atomic E-state index is 0.187. The summed E-state index contributed by atoms with van der Waals surface area (Å²) in [6.07, 6.45) is 1.95. The molecular formula is C16H25NO2. The number of fused-ring (bicyclic) bond motifs is 1. The summed E-state index contributed by atoms with van der Waals surface area (Å²) in [6, 6.07) is 8.18. The minimum Gasteiger partial charge on any atom is -0.488 e. The molecule has 0 saturated heterocycles. The zero-order chi connectivity index (χ0) is 13.9. The van der Waals surface area contributed by atoms with Crippen molar-refractivity contribution in [1.82, 2.24) is 5.32 Å². The third kappa shape index (κ3) is 4.22. The molecule has 0 spiro atoms. The van der Waals surface area contributed by atoms with E-state index in [9.17, 15) is 5.11 Å². The monoisotopic (exact) mass is 263 g/mol. The van der Waals surface area contributed by atoms with Gasteiger partial charge in [-0.2, -0.15) is 0 Å². The Bertz CT molecular complexity index is 390. The normalized spacial score (nSPS) is 21.0. The van der Waals surface area contributed by atoms with Crippen LogP contribution < -0.4 is 10.1 Å². The van der Waals surface area contributed by atoms with Crippen LogP contribution in [0.2, 0.25) is 0 Å². The molecule has 2 atom stereocenters. The van der Waals surface area contributed by atoms with Crippen molar-refractivity contribution in [3.05, 3.63) is 29.8 Å². The van der Waals surface area contributed by atoms with E-state index in [0.29, 0.717) is 12.5 Å². The highest BCUT2D eigenvalue weighted by atomic mass is 16.5. The minimum atomic E-state index is -0.639. The lowest BCUT2D eigenvalue weighted by molar-refractivity contribution is 0.0366. The summed E-state index contributed by atoms with van der Waals surface area (Å²) in [4.78, 5) is 0. The number of nitrogens with one attached hydrogen (secondary N) is 1. The lowest BCUT2D eigenvalue weighted by Gasteiger charge is -2.26. The van der Waals surface area contributed by atoms with Crippen LogP contribution in [0.25, 0.3) is 0 Å². The van der Waals surface area contributed by atoms with Crippen LogP contribution in [0.15, 0.2) is 24.3 Å². The molecule has 0 bridgehead atoms. The second kappa shape index (κ2) is 5.93. The highest BCUT2D eigenvalue weighted by Crippen LogP contribution is 2.27. The molecule has 106 valence electrons. The molecule has 0 aliphatic carbocycles. The van der Waals surface area contributed by atoms with Gasteiger partial charge in [-0.3, -0.25) is 0 Å². The van der Waals surface area contributed by atoms with Crippen molar-refractivity contribution in [2.24, 2.45) is 5.92 Å². The number of hydrogen-bond donors (Lipinski definition) is 2. The Morgan fingerprint density at radius 2 is 2.16 bits per heavy atom. The van der Waals surface area contributed by atoms with Gasteiger partial charge in [0.15, 0.2) is 0 Å². The third-order valence-corrected chi connectivity index (χ3v) is 3.44. The van der Waals surface area contributed by atoms with E-state index in [4.69, 9.17) is 4.74 Å². The van der Waals surface area contributed by atoms with Gasteiger partial charge in [-0.05, 0) is 30.9 Å². The molecule has 19 heavy (non-hydrogen) atoms. The number of benzene rings is 1. The summed E-state index contributed by atoms with van der Waals surface area (Å²) in [5, 5.41) is 13.6. The molecule has 0 amide bonds. The molecule has 1 aliphatic heterocycles. The molecule has 3 nitrogen and oxygen atoms in total. The second-order valence-corrected chi connectivity index (χ2v) is 6.28. The molecule has 2 N–H and O–H groups in total. The zero-order valence-corrected chi connectivity index (χ0v) is 12.1. The summed E-state index contributed by atoms with van der Waals surface area (Å²) in [7, 11) is 0. The van der Waals surface area contributed by atoms with Crippen LogP contribution >= 0.6 is 0 Å². The SMILES string of the molecule is CC(C)CC(C)(O)CNCC1Cc2ccccc2O1. The highest BCUT2D eigenvalue weighted by molar-refractivity contribution is 5.37. The van der Waals surface area contributed by atoms with Crippen LogP contribution in [-0.2, 0) is 6.42 Å². The van der Waals surface area contributed by atoms with Gasteiger partial charge in [-0.15, -0.1) is 0 Å². The lowest BCUT2D eigenvalue weighted by atomic mass is 9.94. The lowest BCUT2D eigenvalue weighted by Crippen LogP contribution is -2.42. The van der Waals surface area contributed by atoms with Crippen molar-refractivity contribution in [3.8, 4) is 5.75 Å². The molecule has 1 aromatic carbocycles. The van der Waals surface area contributed by atoms with Gasteiger partial charge in [0.2, 0.25) is 0 Å². The van der Waals surface area contributed by atoms with E-state index < -0.39 is 5.60 Å². The van der Waals surface area contributed by atoms with Crippen LogP contribution in [0.5, 0.6) is 5.75 Å². The van der Waals surface area contributed by atoms with E-state index in [1.807, 2.05) is 25.1 Å². The fraction of sp³-hybridized carbons (Fsp3) is 0.625. The second-order valence-electron chi connectivity index (χ2n) is 6.28. The quantitative estimate of drug-likeness (QED) is 0.828. The van der Waals surface area contributed by atoms with Gasteiger partial charge in [0, 0.05) is 19.5 Å². The van der Waals surface area contributed by atoms with Crippen molar-refractivity contribution < 1.29 is 9.84 Å². The van der Waals surface area contributed by atoms with Crippen molar-refractivity contribution in [2.75, 3.05) is 13.1 Å². The Morgan fingerprint density at radius 3 is 2.84 bits per heavy atom. The third-order valence-electron chi connectivity index (χ3n) is 3.44. The average molecular weight is 263 g/mol. The van der Waals surface area contributed by atoms with Crippen molar-refractivity contribution in [2.45, 2.75) is 45.3 Å². The summed E-state index contributed by atoms with van der Waals surface area (Å²) >= 11 is 0. The first-order valence-corrected chi connectivity index (χ1v) is 7.14. The molecule has 1 aromatic rings.